The molecule has 0 saturated carbocycles. The Kier molecular flexibility index (Phi) is 4.29. The van der Waals surface area contributed by atoms with Crippen molar-refractivity contribution in [2.24, 2.45) is 0 Å². The van der Waals surface area contributed by atoms with Gasteiger partial charge in [-0.3, -0.25) is 0 Å². The molecule has 0 amide bonds. The maximum absolute atomic E-state index is 3.34. The molecule has 1 N–H and O–H groups in total. The zero-order valence-electron chi connectivity index (χ0n) is 13.2. The minimum Gasteiger partial charge on any atom is -0.385 e. The van der Waals surface area contributed by atoms with Crippen LogP contribution >= 0.6 is 0 Å². The summed E-state index contributed by atoms with van der Waals surface area (Å²) in [7, 11) is 0. The molecule has 0 fully saturated rings. The summed E-state index contributed by atoms with van der Waals surface area (Å²) in [4.78, 5) is 2.36. The first-order valence-corrected chi connectivity index (χ1v) is 7.92. The molecule has 2 nitrogen and oxygen atoms in total. The van der Waals surface area contributed by atoms with Crippen molar-refractivity contribution in [3.8, 4) is 0 Å². The van der Waals surface area contributed by atoms with E-state index in [-0.39, 0.29) is 0 Å². The molecule has 0 bridgehead atoms. The molecule has 0 aliphatic carbocycles. The van der Waals surface area contributed by atoms with Gasteiger partial charge < -0.3 is 10.2 Å². The third-order valence-electron chi connectivity index (χ3n) is 3.93. The fraction of sp³-hybridized carbons (Fsp3) is 0.200. The van der Waals surface area contributed by atoms with Gasteiger partial charge in [0.15, 0.2) is 0 Å². The molecule has 0 spiro atoms. The van der Waals surface area contributed by atoms with Gasteiger partial charge in [-0.1, -0.05) is 36.4 Å². The van der Waals surface area contributed by atoms with Gasteiger partial charge >= 0.3 is 0 Å². The minimum absolute atomic E-state index is 0.939. The SMILES string of the molecule is CCNc1ccc(N(CC)c2cccc3ccccc23)cc1. The molecule has 3 rings (SSSR count). The van der Waals surface area contributed by atoms with E-state index in [2.05, 4.69) is 90.8 Å². The molecule has 0 radical (unpaired) electrons. The maximum atomic E-state index is 3.34. The highest BCUT2D eigenvalue weighted by Crippen LogP contribution is 2.32. The lowest BCUT2D eigenvalue weighted by atomic mass is 10.1. The second-order valence-electron chi connectivity index (χ2n) is 5.32. The van der Waals surface area contributed by atoms with Crippen LogP contribution in [-0.4, -0.2) is 13.1 Å². The highest BCUT2D eigenvalue weighted by atomic mass is 15.1. The zero-order valence-corrected chi connectivity index (χ0v) is 13.2. The summed E-state index contributed by atoms with van der Waals surface area (Å²) in [6.07, 6.45) is 0. The van der Waals surface area contributed by atoms with Gasteiger partial charge in [0.25, 0.3) is 0 Å². The molecular formula is C20H22N2. The molecule has 0 unspecified atom stereocenters. The number of nitrogens with one attached hydrogen (secondary N) is 1. The van der Waals surface area contributed by atoms with Crippen LogP contribution in [0.25, 0.3) is 10.8 Å². The van der Waals surface area contributed by atoms with Gasteiger partial charge in [-0.15, -0.1) is 0 Å². The average Bonchev–Trinajstić information content (AvgIpc) is 2.57. The molecule has 22 heavy (non-hydrogen) atoms. The van der Waals surface area contributed by atoms with Crippen LogP contribution < -0.4 is 10.2 Å². The van der Waals surface area contributed by atoms with Gasteiger partial charge in [0, 0.05) is 35.5 Å². The van der Waals surface area contributed by atoms with Crippen LogP contribution in [0, 0.1) is 0 Å². The van der Waals surface area contributed by atoms with Crippen LogP contribution in [0.4, 0.5) is 17.1 Å². The van der Waals surface area contributed by atoms with Crippen molar-refractivity contribution in [3.63, 3.8) is 0 Å². The van der Waals surface area contributed by atoms with Gasteiger partial charge in [0.1, 0.15) is 0 Å². The Morgan fingerprint density at radius 1 is 0.818 bits per heavy atom. The van der Waals surface area contributed by atoms with Gasteiger partial charge in [0.2, 0.25) is 0 Å². The highest BCUT2D eigenvalue weighted by molar-refractivity contribution is 5.96. The van der Waals surface area contributed by atoms with Crippen LogP contribution in [-0.2, 0) is 0 Å². The van der Waals surface area contributed by atoms with Gasteiger partial charge in [-0.2, -0.15) is 0 Å². The highest BCUT2D eigenvalue weighted by Gasteiger charge is 2.10. The molecule has 2 heteroatoms. The molecule has 0 aromatic heterocycles. The van der Waals surface area contributed by atoms with Crippen molar-refractivity contribution in [3.05, 3.63) is 66.7 Å². The second-order valence-corrected chi connectivity index (χ2v) is 5.32. The minimum atomic E-state index is 0.939. The number of fused-ring (bicyclic) bond motifs is 1. The average molecular weight is 290 g/mol. The van der Waals surface area contributed by atoms with E-state index in [1.54, 1.807) is 0 Å². The van der Waals surface area contributed by atoms with Crippen LogP contribution in [0.1, 0.15) is 13.8 Å². The number of nitrogens with zero attached hydrogens (tertiary/aromatic N) is 1. The third-order valence-corrected chi connectivity index (χ3v) is 3.93. The van der Waals surface area contributed by atoms with E-state index < -0.39 is 0 Å². The lowest BCUT2D eigenvalue weighted by Gasteiger charge is -2.25. The Balaban J connectivity index is 2.02. The largest absolute Gasteiger partial charge is 0.385 e. The van der Waals surface area contributed by atoms with E-state index in [4.69, 9.17) is 0 Å². The molecule has 0 atom stereocenters. The molecule has 0 aliphatic rings. The summed E-state index contributed by atoms with van der Waals surface area (Å²) < 4.78 is 0. The lowest BCUT2D eigenvalue weighted by Crippen LogP contribution is -2.16. The van der Waals surface area contributed by atoms with Crippen LogP contribution in [0.3, 0.4) is 0 Å². The first kappa shape index (κ1) is 14.5. The number of anilines is 3. The Labute approximate surface area is 132 Å². The van der Waals surface area contributed by atoms with Crippen molar-refractivity contribution in [2.45, 2.75) is 13.8 Å². The maximum Gasteiger partial charge on any atom is 0.0490 e. The summed E-state index contributed by atoms with van der Waals surface area (Å²) >= 11 is 0. The number of rotatable bonds is 5. The van der Waals surface area contributed by atoms with E-state index in [9.17, 15) is 0 Å². The van der Waals surface area contributed by atoms with Crippen LogP contribution in [0.5, 0.6) is 0 Å². The molecular weight excluding hydrogens is 268 g/mol. The number of benzene rings is 3. The van der Waals surface area contributed by atoms with E-state index in [1.165, 1.54) is 27.8 Å². The van der Waals surface area contributed by atoms with Gasteiger partial charge in [0.05, 0.1) is 0 Å². The fourth-order valence-corrected chi connectivity index (χ4v) is 2.90. The molecule has 0 aliphatic heterocycles. The Morgan fingerprint density at radius 3 is 2.27 bits per heavy atom. The van der Waals surface area contributed by atoms with E-state index in [0.717, 1.165) is 13.1 Å². The third kappa shape index (κ3) is 2.77. The molecule has 112 valence electrons. The van der Waals surface area contributed by atoms with Crippen LogP contribution in [0.2, 0.25) is 0 Å². The van der Waals surface area contributed by atoms with Crippen LogP contribution in [0.15, 0.2) is 66.7 Å². The summed E-state index contributed by atoms with van der Waals surface area (Å²) in [6.45, 7) is 6.19. The van der Waals surface area contributed by atoms with E-state index in [0.29, 0.717) is 0 Å². The van der Waals surface area contributed by atoms with Gasteiger partial charge in [-0.25, -0.2) is 0 Å². The Bertz CT molecular complexity index is 742. The Morgan fingerprint density at radius 2 is 1.55 bits per heavy atom. The zero-order chi connectivity index (χ0) is 15.4. The topological polar surface area (TPSA) is 15.3 Å². The Hall–Kier alpha value is -2.48. The van der Waals surface area contributed by atoms with Crippen molar-refractivity contribution >= 4 is 27.8 Å². The molecule has 0 saturated heterocycles. The first-order chi connectivity index (χ1) is 10.8. The quantitative estimate of drug-likeness (QED) is 0.674. The number of hydrogen-bond donors (Lipinski definition) is 1. The van der Waals surface area contributed by atoms with Crippen molar-refractivity contribution in [2.75, 3.05) is 23.3 Å². The van der Waals surface area contributed by atoms with Crippen molar-refractivity contribution in [1.82, 2.24) is 0 Å². The summed E-state index contributed by atoms with van der Waals surface area (Å²) in [5, 5.41) is 5.92. The van der Waals surface area contributed by atoms with Crippen molar-refractivity contribution in [1.29, 1.82) is 0 Å². The fourth-order valence-electron chi connectivity index (χ4n) is 2.90. The molecule has 3 aromatic carbocycles. The second kappa shape index (κ2) is 6.52. The summed E-state index contributed by atoms with van der Waals surface area (Å²) in [5.41, 5.74) is 3.65. The molecule has 0 heterocycles. The predicted molar refractivity (Wildman–Crippen MR) is 97.2 cm³/mol. The number of hydrogen-bond acceptors (Lipinski definition) is 2. The monoisotopic (exact) mass is 290 g/mol. The van der Waals surface area contributed by atoms with Gasteiger partial charge in [-0.05, 0) is 49.6 Å². The first-order valence-electron chi connectivity index (χ1n) is 7.92. The molecule has 3 aromatic rings. The predicted octanol–water partition coefficient (Wildman–Crippen LogP) is 5.43. The normalized spacial score (nSPS) is 10.6. The van der Waals surface area contributed by atoms with Crippen molar-refractivity contribution < 1.29 is 0 Å². The van der Waals surface area contributed by atoms with E-state index >= 15 is 0 Å². The lowest BCUT2D eigenvalue weighted by molar-refractivity contribution is 1.03. The van der Waals surface area contributed by atoms with E-state index in [1.807, 2.05) is 0 Å². The standard InChI is InChI=1S/C20H22N2/c1-3-21-17-12-14-18(15-13-17)22(4-2)20-11-7-9-16-8-5-6-10-19(16)20/h5-15,21H,3-4H2,1-2H3. The smallest absolute Gasteiger partial charge is 0.0490 e. The summed E-state index contributed by atoms with van der Waals surface area (Å²) in [6, 6.07) is 23.7. The summed E-state index contributed by atoms with van der Waals surface area (Å²) in [5.74, 6) is 0.